The van der Waals surface area contributed by atoms with Gasteiger partial charge in [-0.05, 0) is 31.4 Å². The second-order valence-corrected chi connectivity index (χ2v) is 4.02. The van der Waals surface area contributed by atoms with E-state index in [1.54, 1.807) is 0 Å². The Morgan fingerprint density at radius 2 is 2.00 bits per heavy atom. The maximum Gasteiger partial charge on any atom is 0.0101 e. The van der Waals surface area contributed by atoms with Gasteiger partial charge in [-0.3, -0.25) is 0 Å². The summed E-state index contributed by atoms with van der Waals surface area (Å²) in [6, 6.07) is 11.2. The summed E-state index contributed by atoms with van der Waals surface area (Å²) in [7, 11) is 0. The van der Waals surface area contributed by atoms with Gasteiger partial charge in [0.1, 0.15) is 0 Å². The first-order valence-electron chi connectivity index (χ1n) is 6.07. The van der Waals surface area contributed by atoms with Crippen LogP contribution in [-0.2, 0) is 6.42 Å². The number of aryl methyl sites for hydroxylation is 1. The third kappa shape index (κ3) is 5.00. The van der Waals surface area contributed by atoms with Gasteiger partial charge in [-0.2, -0.15) is 0 Å². The third-order valence-electron chi connectivity index (χ3n) is 2.75. The molecule has 1 aromatic carbocycles. The van der Waals surface area contributed by atoms with Crippen molar-refractivity contribution in [1.82, 2.24) is 5.32 Å². The Labute approximate surface area is 99.3 Å². The van der Waals surface area contributed by atoms with Crippen LogP contribution in [-0.4, -0.2) is 12.6 Å². The van der Waals surface area contributed by atoms with Crippen LogP contribution in [0.1, 0.15) is 31.7 Å². The lowest BCUT2D eigenvalue weighted by atomic mass is 10.0. The van der Waals surface area contributed by atoms with Gasteiger partial charge >= 0.3 is 0 Å². The Balaban J connectivity index is 2.35. The smallest absolute Gasteiger partial charge is 0.0101 e. The first-order chi connectivity index (χ1) is 7.86. The van der Waals surface area contributed by atoms with Crippen LogP contribution in [0.25, 0.3) is 0 Å². The zero-order chi connectivity index (χ0) is 11.6. The summed E-state index contributed by atoms with van der Waals surface area (Å²) in [6.45, 7) is 3.16. The average Bonchev–Trinajstić information content (AvgIpc) is 2.34. The summed E-state index contributed by atoms with van der Waals surface area (Å²) in [5.41, 5.74) is 1.41. The molecule has 0 aromatic heterocycles. The molecule has 0 aliphatic carbocycles. The van der Waals surface area contributed by atoms with E-state index in [4.69, 9.17) is 6.42 Å². The number of terminal acetylenes is 1. The maximum absolute atomic E-state index is 5.30. The Kier molecular flexibility index (Phi) is 6.37. The number of benzene rings is 1. The molecular formula is C15H21N. The number of nitrogens with one attached hydrogen (secondary N) is 1. The fourth-order valence-corrected chi connectivity index (χ4v) is 1.88. The molecule has 1 aromatic rings. The largest absolute Gasteiger partial charge is 0.314 e. The Morgan fingerprint density at radius 3 is 2.62 bits per heavy atom. The molecule has 16 heavy (non-hydrogen) atoms. The van der Waals surface area contributed by atoms with Crippen molar-refractivity contribution < 1.29 is 0 Å². The Morgan fingerprint density at radius 1 is 1.25 bits per heavy atom. The molecule has 0 radical (unpaired) electrons. The standard InChI is InChI=1S/C15H21N/c1-3-5-11-15(16-4-2)13-12-14-9-7-6-8-10-14/h1,6-10,15-16H,4-5,11-13H2,2H3. The van der Waals surface area contributed by atoms with Crippen LogP contribution in [0.5, 0.6) is 0 Å². The van der Waals surface area contributed by atoms with Gasteiger partial charge in [-0.1, -0.05) is 37.3 Å². The van der Waals surface area contributed by atoms with E-state index in [1.807, 2.05) is 0 Å². The zero-order valence-corrected chi connectivity index (χ0v) is 10.1. The fraction of sp³-hybridized carbons (Fsp3) is 0.467. The van der Waals surface area contributed by atoms with Crippen LogP contribution in [0.15, 0.2) is 30.3 Å². The lowest BCUT2D eigenvalue weighted by Gasteiger charge is -2.16. The van der Waals surface area contributed by atoms with E-state index in [0.717, 1.165) is 25.8 Å². The maximum atomic E-state index is 5.30. The van der Waals surface area contributed by atoms with Gasteiger partial charge in [0, 0.05) is 12.5 Å². The van der Waals surface area contributed by atoms with Crippen molar-refractivity contribution in [2.24, 2.45) is 0 Å². The normalized spacial score (nSPS) is 12.0. The van der Waals surface area contributed by atoms with Crippen LogP contribution in [0.4, 0.5) is 0 Å². The molecule has 0 saturated heterocycles. The van der Waals surface area contributed by atoms with Gasteiger partial charge in [-0.15, -0.1) is 12.3 Å². The van der Waals surface area contributed by atoms with Crippen molar-refractivity contribution in [2.45, 2.75) is 38.6 Å². The molecule has 1 atom stereocenters. The average molecular weight is 215 g/mol. The van der Waals surface area contributed by atoms with Crippen LogP contribution in [0.3, 0.4) is 0 Å². The second kappa shape index (κ2) is 7.96. The Hall–Kier alpha value is -1.26. The number of hydrogen-bond acceptors (Lipinski definition) is 1. The molecule has 86 valence electrons. The van der Waals surface area contributed by atoms with E-state index < -0.39 is 0 Å². The molecule has 0 spiro atoms. The van der Waals surface area contributed by atoms with Gasteiger partial charge in [0.25, 0.3) is 0 Å². The first-order valence-corrected chi connectivity index (χ1v) is 6.07. The molecule has 1 heteroatoms. The van der Waals surface area contributed by atoms with Gasteiger partial charge in [0.15, 0.2) is 0 Å². The number of hydrogen-bond donors (Lipinski definition) is 1. The van der Waals surface area contributed by atoms with Crippen LogP contribution >= 0.6 is 0 Å². The van der Waals surface area contributed by atoms with Crippen molar-refractivity contribution in [1.29, 1.82) is 0 Å². The van der Waals surface area contributed by atoms with Gasteiger partial charge < -0.3 is 5.32 Å². The molecule has 1 N–H and O–H groups in total. The molecule has 0 saturated carbocycles. The highest BCUT2D eigenvalue weighted by molar-refractivity contribution is 5.14. The predicted molar refractivity (Wildman–Crippen MR) is 70.3 cm³/mol. The summed E-state index contributed by atoms with van der Waals surface area (Å²) in [5, 5.41) is 3.49. The van der Waals surface area contributed by atoms with E-state index >= 15 is 0 Å². The summed E-state index contributed by atoms with van der Waals surface area (Å²) in [5.74, 6) is 2.71. The van der Waals surface area contributed by atoms with Crippen LogP contribution < -0.4 is 5.32 Å². The van der Waals surface area contributed by atoms with E-state index in [0.29, 0.717) is 6.04 Å². The monoisotopic (exact) mass is 215 g/mol. The fourth-order valence-electron chi connectivity index (χ4n) is 1.88. The molecule has 1 unspecified atom stereocenters. The van der Waals surface area contributed by atoms with E-state index in [9.17, 15) is 0 Å². The van der Waals surface area contributed by atoms with Crippen LogP contribution in [0, 0.1) is 12.3 Å². The topological polar surface area (TPSA) is 12.0 Å². The van der Waals surface area contributed by atoms with Crippen molar-refractivity contribution in [3.05, 3.63) is 35.9 Å². The predicted octanol–water partition coefficient (Wildman–Crippen LogP) is 3.01. The summed E-state index contributed by atoms with van der Waals surface area (Å²) >= 11 is 0. The van der Waals surface area contributed by atoms with Crippen molar-refractivity contribution in [3.8, 4) is 12.3 Å². The lowest BCUT2D eigenvalue weighted by molar-refractivity contribution is 0.469. The highest BCUT2D eigenvalue weighted by atomic mass is 14.9. The second-order valence-electron chi connectivity index (χ2n) is 4.02. The third-order valence-corrected chi connectivity index (χ3v) is 2.75. The van der Waals surface area contributed by atoms with Crippen molar-refractivity contribution in [2.75, 3.05) is 6.54 Å². The Bertz CT molecular complexity index is 310. The minimum atomic E-state index is 0.557. The minimum absolute atomic E-state index is 0.557. The van der Waals surface area contributed by atoms with E-state index in [-0.39, 0.29) is 0 Å². The molecular weight excluding hydrogens is 194 g/mol. The lowest BCUT2D eigenvalue weighted by Crippen LogP contribution is -2.29. The van der Waals surface area contributed by atoms with Crippen LogP contribution in [0.2, 0.25) is 0 Å². The molecule has 0 heterocycles. The molecule has 0 fully saturated rings. The molecule has 0 bridgehead atoms. The van der Waals surface area contributed by atoms with E-state index in [1.165, 1.54) is 12.0 Å². The quantitative estimate of drug-likeness (QED) is 0.689. The molecule has 0 amide bonds. The van der Waals surface area contributed by atoms with Crippen molar-refractivity contribution >= 4 is 0 Å². The molecule has 0 aliphatic rings. The summed E-state index contributed by atoms with van der Waals surface area (Å²) in [6.07, 6.45) is 9.54. The summed E-state index contributed by atoms with van der Waals surface area (Å²) in [4.78, 5) is 0. The number of rotatable bonds is 7. The molecule has 0 aliphatic heterocycles. The first kappa shape index (κ1) is 12.8. The van der Waals surface area contributed by atoms with Gasteiger partial charge in [-0.25, -0.2) is 0 Å². The summed E-state index contributed by atoms with van der Waals surface area (Å²) < 4.78 is 0. The molecule has 1 nitrogen and oxygen atoms in total. The van der Waals surface area contributed by atoms with Gasteiger partial charge in [0.2, 0.25) is 0 Å². The highest BCUT2D eigenvalue weighted by Gasteiger charge is 2.06. The van der Waals surface area contributed by atoms with E-state index in [2.05, 4.69) is 48.5 Å². The minimum Gasteiger partial charge on any atom is -0.314 e. The van der Waals surface area contributed by atoms with Crippen molar-refractivity contribution in [3.63, 3.8) is 0 Å². The highest BCUT2D eigenvalue weighted by Crippen LogP contribution is 2.08. The molecule has 1 rings (SSSR count). The zero-order valence-electron chi connectivity index (χ0n) is 10.1. The van der Waals surface area contributed by atoms with Gasteiger partial charge in [0.05, 0.1) is 0 Å². The SMILES string of the molecule is C#CCCC(CCc1ccccc1)NCC.